The number of nitrogens with zero attached hydrogens (tertiary/aromatic N) is 1. The fourth-order valence-corrected chi connectivity index (χ4v) is 3.10. The number of hydrogen-bond acceptors (Lipinski definition) is 2. The number of amides is 1. The summed E-state index contributed by atoms with van der Waals surface area (Å²) < 4.78 is 5.43. The van der Waals surface area contributed by atoms with E-state index in [9.17, 15) is 4.79 Å². The van der Waals surface area contributed by atoms with Crippen LogP contribution < -0.4 is 0 Å². The average Bonchev–Trinajstić information content (AvgIpc) is 2.66. The normalized spacial score (nSPS) is 16.2. The van der Waals surface area contributed by atoms with Crippen molar-refractivity contribution in [3.8, 4) is 0 Å². The van der Waals surface area contributed by atoms with E-state index in [-0.39, 0.29) is 5.91 Å². The largest absolute Gasteiger partial charge is 0.380 e. The summed E-state index contributed by atoms with van der Waals surface area (Å²) in [6.07, 6.45) is 0.906. The third-order valence-electron chi connectivity index (χ3n) is 4.23. The lowest BCUT2D eigenvalue weighted by Crippen LogP contribution is -2.33. The molecule has 2 aromatic rings. The molecule has 2 heterocycles. The Labute approximate surface area is 125 Å². The summed E-state index contributed by atoms with van der Waals surface area (Å²) >= 11 is 0. The fourth-order valence-electron chi connectivity index (χ4n) is 3.10. The summed E-state index contributed by atoms with van der Waals surface area (Å²) in [6.45, 7) is 9.01. The van der Waals surface area contributed by atoms with E-state index in [1.807, 2.05) is 11.8 Å². The first kappa shape index (κ1) is 14.1. The molecule has 0 aliphatic carbocycles. The van der Waals surface area contributed by atoms with Gasteiger partial charge in [0.1, 0.15) is 5.69 Å². The van der Waals surface area contributed by atoms with Crippen LogP contribution in [0.25, 0.3) is 10.9 Å². The Morgan fingerprint density at radius 3 is 2.81 bits per heavy atom. The van der Waals surface area contributed by atoms with Crippen molar-refractivity contribution < 1.29 is 9.53 Å². The minimum absolute atomic E-state index is 0.0891. The van der Waals surface area contributed by atoms with E-state index in [4.69, 9.17) is 4.74 Å². The molecule has 4 nitrogen and oxygen atoms in total. The number of hydrogen-bond donors (Lipinski definition) is 1. The summed E-state index contributed by atoms with van der Waals surface area (Å²) in [4.78, 5) is 18.0. The number of carbonyl (C=O) groups excluding carboxylic acids is 1. The molecule has 0 spiro atoms. The number of fused-ring (bicyclic) bond motifs is 1. The number of aromatic amines is 1. The van der Waals surface area contributed by atoms with Crippen LogP contribution in [0.3, 0.4) is 0 Å². The van der Waals surface area contributed by atoms with Gasteiger partial charge in [0.25, 0.3) is 5.91 Å². The molecule has 1 saturated heterocycles. The van der Waals surface area contributed by atoms with Crippen molar-refractivity contribution in [2.45, 2.75) is 27.2 Å². The van der Waals surface area contributed by atoms with Crippen LogP contribution >= 0.6 is 0 Å². The van der Waals surface area contributed by atoms with E-state index >= 15 is 0 Å². The molecule has 1 N–H and O–H groups in total. The molecule has 0 radical (unpaired) electrons. The Morgan fingerprint density at radius 2 is 2.00 bits per heavy atom. The molecule has 0 unspecified atom stereocenters. The minimum atomic E-state index is 0.0891. The van der Waals surface area contributed by atoms with Gasteiger partial charge in [-0.15, -0.1) is 0 Å². The quantitative estimate of drug-likeness (QED) is 0.876. The van der Waals surface area contributed by atoms with Crippen molar-refractivity contribution >= 4 is 16.8 Å². The molecule has 112 valence electrons. The number of nitrogens with one attached hydrogen (secondary N) is 1. The highest BCUT2D eigenvalue weighted by molar-refractivity contribution is 6.01. The first-order valence-corrected chi connectivity index (χ1v) is 7.54. The fraction of sp³-hybridized carbons (Fsp3) is 0.471. The van der Waals surface area contributed by atoms with E-state index in [2.05, 4.69) is 31.0 Å². The van der Waals surface area contributed by atoms with Crippen molar-refractivity contribution in [3.05, 3.63) is 34.5 Å². The van der Waals surface area contributed by atoms with Gasteiger partial charge < -0.3 is 14.6 Å². The monoisotopic (exact) mass is 286 g/mol. The Bertz CT molecular complexity index is 680. The lowest BCUT2D eigenvalue weighted by molar-refractivity contribution is 0.0736. The molecular formula is C17H22N2O2. The predicted octanol–water partition coefficient (Wildman–Crippen LogP) is 2.96. The van der Waals surface area contributed by atoms with Crippen LogP contribution in [0, 0.1) is 20.8 Å². The molecule has 1 fully saturated rings. The maximum Gasteiger partial charge on any atom is 0.270 e. The van der Waals surface area contributed by atoms with Crippen LogP contribution in [-0.4, -0.2) is 42.1 Å². The smallest absolute Gasteiger partial charge is 0.270 e. The molecule has 1 aliphatic rings. The van der Waals surface area contributed by atoms with Gasteiger partial charge in [0.2, 0.25) is 0 Å². The van der Waals surface area contributed by atoms with Crippen LogP contribution in [0.2, 0.25) is 0 Å². The van der Waals surface area contributed by atoms with Gasteiger partial charge >= 0.3 is 0 Å². The van der Waals surface area contributed by atoms with Gasteiger partial charge in [0.05, 0.1) is 6.61 Å². The number of ether oxygens (including phenoxy) is 1. The van der Waals surface area contributed by atoms with Gasteiger partial charge in [-0.2, -0.15) is 0 Å². The summed E-state index contributed by atoms with van der Waals surface area (Å²) in [5, 5.41) is 1.15. The average molecular weight is 286 g/mol. The lowest BCUT2D eigenvalue weighted by atomic mass is 10.1. The van der Waals surface area contributed by atoms with Gasteiger partial charge in [-0.1, -0.05) is 11.6 Å². The zero-order valence-electron chi connectivity index (χ0n) is 13.0. The van der Waals surface area contributed by atoms with Crippen LogP contribution in [0.4, 0.5) is 0 Å². The Kier molecular flexibility index (Phi) is 3.72. The molecule has 1 aromatic heterocycles. The third-order valence-corrected chi connectivity index (χ3v) is 4.23. The van der Waals surface area contributed by atoms with E-state index < -0.39 is 0 Å². The van der Waals surface area contributed by atoms with Gasteiger partial charge in [-0.25, -0.2) is 0 Å². The highest BCUT2D eigenvalue weighted by Crippen LogP contribution is 2.26. The van der Waals surface area contributed by atoms with Gasteiger partial charge in [-0.3, -0.25) is 4.79 Å². The molecule has 0 bridgehead atoms. The Morgan fingerprint density at radius 1 is 1.19 bits per heavy atom. The van der Waals surface area contributed by atoms with E-state index in [1.165, 1.54) is 11.1 Å². The van der Waals surface area contributed by atoms with Crippen molar-refractivity contribution in [1.82, 2.24) is 9.88 Å². The predicted molar refractivity (Wildman–Crippen MR) is 83.8 cm³/mol. The highest BCUT2D eigenvalue weighted by atomic mass is 16.5. The molecule has 1 aliphatic heterocycles. The molecule has 0 saturated carbocycles. The SMILES string of the molecule is Cc1cc(C)c2[nH]c(C(=O)N3CCCOCC3)c(C)c2c1. The molecule has 4 heteroatoms. The molecule has 1 aromatic carbocycles. The highest BCUT2D eigenvalue weighted by Gasteiger charge is 2.22. The zero-order valence-corrected chi connectivity index (χ0v) is 13.0. The number of H-pyrrole nitrogens is 1. The summed E-state index contributed by atoms with van der Waals surface area (Å²) in [6, 6.07) is 4.29. The van der Waals surface area contributed by atoms with Gasteiger partial charge in [-0.05, 0) is 44.4 Å². The third kappa shape index (κ3) is 2.56. The maximum absolute atomic E-state index is 12.8. The standard InChI is InChI=1S/C17H22N2O2/c1-11-9-12(2)15-14(10-11)13(3)16(18-15)17(20)19-5-4-7-21-8-6-19/h9-10,18H,4-8H2,1-3H3. The minimum Gasteiger partial charge on any atom is -0.380 e. The number of carbonyl (C=O) groups is 1. The number of benzene rings is 1. The second-order valence-corrected chi connectivity index (χ2v) is 5.89. The molecule has 21 heavy (non-hydrogen) atoms. The van der Waals surface area contributed by atoms with Crippen LogP contribution in [0.1, 0.15) is 33.6 Å². The van der Waals surface area contributed by atoms with Gasteiger partial charge in [0, 0.05) is 30.6 Å². The van der Waals surface area contributed by atoms with E-state index in [0.717, 1.165) is 41.7 Å². The second-order valence-electron chi connectivity index (χ2n) is 5.89. The molecule has 1 amide bonds. The van der Waals surface area contributed by atoms with Crippen molar-refractivity contribution in [1.29, 1.82) is 0 Å². The van der Waals surface area contributed by atoms with Crippen molar-refractivity contribution in [2.24, 2.45) is 0 Å². The maximum atomic E-state index is 12.8. The second kappa shape index (κ2) is 5.53. The van der Waals surface area contributed by atoms with Crippen molar-refractivity contribution in [3.63, 3.8) is 0 Å². The topological polar surface area (TPSA) is 45.3 Å². The van der Waals surface area contributed by atoms with Crippen LogP contribution in [0.5, 0.6) is 0 Å². The van der Waals surface area contributed by atoms with Crippen molar-refractivity contribution in [2.75, 3.05) is 26.3 Å². The number of aromatic nitrogens is 1. The Balaban J connectivity index is 2.01. The molecule has 0 atom stereocenters. The first-order chi connectivity index (χ1) is 10.1. The Hall–Kier alpha value is -1.81. The van der Waals surface area contributed by atoms with Crippen LogP contribution in [-0.2, 0) is 4.74 Å². The molecular weight excluding hydrogens is 264 g/mol. The summed E-state index contributed by atoms with van der Waals surface area (Å²) in [5.74, 6) is 0.0891. The summed E-state index contributed by atoms with van der Waals surface area (Å²) in [7, 11) is 0. The van der Waals surface area contributed by atoms with E-state index in [1.54, 1.807) is 0 Å². The van der Waals surface area contributed by atoms with Crippen LogP contribution in [0.15, 0.2) is 12.1 Å². The first-order valence-electron chi connectivity index (χ1n) is 7.54. The lowest BCUT2D eigenvalue weighted by Gasteiger charge is -2.19. The number of aryl methyl sites for hydroxylation is 3. The zero-order chi connectivity index (χ0) is 15.0. The number of rotatable bonds is 1. The van der Waals surface area contributed by atoms with E-state index in [0.29, 0.717) is 13.2 Å². The summed E-state index contributed by atoms with van der Waals surface area (Å²) in [5.41, 5.74) is 5.26. The van der Waals surface area contributed by atoms with Gasteiger partial charge in [0.15, 0.2) is 0 Å². The molecule has 3 rings (SSSR count).